The summed E-state index contributed by atoms with van der Waals surface area (Å²) in [6, 6.07) is 1.74. The third kappa shape index (κ3) is 7.66. The molecule has 2 aliphatic carbocycles. The van der Waals surface area contributed by atoms with E-state index in [1.165, 1.54) is 64.2 Å². The van der Waals surface area contributed by atoms with Crippen LogP contribution in [0.15, 0.2) is 0 Å². The molecule has 0 atom stereocenters. The molecule has 0 aromatic rings. The molecule has 0 unspecified atom stereocenters. The Balaban J connectivity index is 0.000000317. The normalized spacial score (nSPS) is 22.6. The minimum atomic E-state index is -0.639. The second kappa shape index (κ2) is 8.81. The third-order valence-corrected chi connectivity index (χ3v) is 3.68. The number of carbonyl (C=O) groups excluding carboxylic acids is 1. The van der Waals surface area contributed by atoms with Gasteiger partial charge in [0.25, 0.3) is 5.24 Å². The first-order valence-corrected chi connectivity index (χ1v) is 7.37. The maximum Gasteiger partial charge on any atom is 0.273 e. The van der Waals surface area contributed by atoms with Gasteiger partial charge in [0.1, 0.15) is 0 Å². The van der Waals surface area contributed by atoms with E-state index in [4.69, 9.17) is 4.79 Å². The zero-order valence-electron chi connectivity index (χ0n) is 10.7. The molecule has 2 rings (SSSR count). The van der Waals surface area contributed by atoms with Gasteiger partial charge >= 0.3 is 0 Å². The first kappa shape index (κ1) is 14.8. The molecule has 2 fully saturated rings. The summed E-state index contributed by atoms with van der Waals surface area (Å²) < 4.78 is 0. The van der Waals surface area contributed by atoms with Crippen molar-refractivity contribution >= 4 is 17.9 Å². The molecule has 100 valence electrons. The minimum absolute atomic E-state index is 0.639. The summed E-state index contributed by atoms with van der Waals surface area (Å²) in [5, 5.41) is 3.22. The molecule has 0 radical (unpaired) electrons. The Bertz CT molecular complexity index is 191. The molecule has 0 aliphatic heterocycles. The van der Waals surface area contributed by atoms with Crippen LogP contribution in [-0.2, 0) is 0 Å². The number of nitrogens with two attached hydrogens (primary N) is 1. The summed E-state index contributed by atoms with van der Waals surface area (Å²) in [6.45, 7) is 0. The molecular formula is C13H26N2OS. The van der Waals surface area contributed by atoms with Crippen LogP contribution >= 0.6 is 12.6 Å². The van der Waals surface area contributed by atoms with Crippen LogP contribution in [0.4, 0.5) is 4.79 Å². The van der Waals surface area contributed by atoms with E-state index in [2.05, 4.69) is 23.7 Å². The van der Waals surface area contributed by atoms with Crippen LogP contribution in [0.3, 0.4) is 0 Å². The van der Waals surface area contributed by atoms with Crippen molar-refractivity contribution < 1.29 is 4.79 Å². The second-order valence-electron chi connectivity index (χ2n) is 5.17. The number of carbonyl (C=O) groups is 1. The lowest BCUT2D eigenvalue weighted by Gasteiger charge is -2.30. The summed E-state index contributed by atoms with van der Waals surface area (Å²) in [5.41, 5.74) is 4.34. The van der Waals surface area contributed by atoms with Gasteiger partial charge in [0, 0.05) is 12.1 Å². The molecule has 1 amide bonds. The van der Waals surface area contributed by atoms with Crippen LogP contribution in [0.25, 0.3) is 0 Å². The summed E-state index contributed by atoms with van der Waals surface area (Å²) in [6.07, 6.45) is 14.6. The van der Waals surface area contributed by atoms with Gasteiger partial charge in [-0.2, -0.15) is 0 Å². The van der Waals surface area contributed by atoms with Crippen molar-refractivity contribution in [2.75, 3.05) is 0 Å². The predicted molar refractivity (Wildman–Crippen MR) is 75.5 cm³/mol. The molecule has 0 spiro atoms. The number of primary amides is 1. The van der Waals surface area contributed by atoms with E-state index in [-0.39, 0.29) is 0 Å². The minimum Gasteiger partial charge on any atom is -0.361 e. The number of hydrogen-bond acceptors (Lipinski definition) is 2. The topological polar surface area (TPSA) is 55.1 Å². The number of thiol groups is 1. The van der Waals surface area contributed by atoms with Gasteiger partial charge in [0.05, 0.1) is 0 Å². The SMILES string of the molecule is C1CCC(NC2CCCCC2)CC1.NC(=O)S. The quantitative estimate of drug-likeness (QED) is 0.666. The molecule has 4 heteroatoms. The number of rotatable bonds is 2. The monoisotopic (exact) mass is 258 g/mol. The highest BCUT2D eigenvalue weighted by atomic mass is 32.1. The fourth-order valence-electron chi connectivity index (χ4n) is 2.87. The number of amides is 1. The molecule has 2 saturated carbocycles. The molecule has 0 saturated heterocycles. The van der Waals surface area contributed by atoms with E-state index in [1.807, 2.05) is 0 Å². The molecule has 0 aromatic carbocycles. The van der Waals surface area contributed by atoms with E-state index in [0.29, 0.717) is 0 Å². The Kier molecular flexibility index (Phi) is 7.69. The number of nitrogens with one attached hydrogen (secondary N) is 1. The average Bonchev–Trinajstić information content (AvgIpc) is 2.31. The maximum atomic E-state index is 9.09. The van der Waals surface area contributed by atoms with Crippen molar-refractivity contribution in [3.8, 4) is 0 Å². The van der Waals surface area contributed by atoms with Gasteiger partial charge in [-0.25, -0.2) is 0 Å². The Morgan fingerprint density at radius 2 is 1.18 bits per heavy atom. The van der Waals surface area contributed by atoms with Crippen LogP contribution < -0.4 is 11.1 Å². The first-order chi connectivity index (χ1) is 8.18. The highest BCUT2D eigenvalue weighted by Crippen LogP contribution is 2.22. The van der Waals surface area contributed by atoms with Crippen molar-refractivity contribution in [2.45, 2.75) is 76.3 Å². The van der Waals surface area contributed by atoms with Crippen LogP contribution in [0, 0.1) is 0 Å². The van der Waals surface area contributed by atoms with Gasteiger partial charge < -0.3 is 11.1 Å². The van der Waals surface area contributed by atoms with Gasteiger partial charge in [-0.15, -0.1) is 0 Å². The fraction of sp³-hybridized carbons (Fsp3) is 0.923. The lowest BCUT2D eigenvalue weighted by molar-refractivity contribution is 0.267. The molecule has 0 aromatic heterocycles. The lowest BCUT2D eigenvalue weighted by Crippen LogP contribution is -2.40. The van der Waals surface area contributed by atoms with Crippen molar-refractivity contribution in [2.24, 2.45) is 5.73 Å². The second-order valence-corrected chi connectivity index (χ2v) is 5.62. The van der Waals surface area contributed by atoms with E-state index < -0.39 is 5.24 Å². The van der Waals surface area contributed by atoms with E-state index in [9.17, 15) is 0 Å². The summed E-state index contributed by atoms with van der Waals surface area (Å²) in [7, 11) is 0. The Labute approximate surface area is 110 Å². The standard InChI is InChI=1S/C12H23N.CH3NOS/c1-3-7-11(8-4-1)13-12-9-5-2-6-10-12;2-1(3)4/h11-13H,1-10H2;(H3,2,3,4). The Hall–Kier alpha value is -0.220. The van der Waals surface area contributed by atoms with Gasteiger partial charge in [-0.05, 0) is 25.7 Å². The van der Waals surface area contributed by atoms with E-state index >= 15 is 0 Å². The molecule has 3 nitrogen and oxygen atoms in total. The highest BCUT2D eigenvalue weighted by molar-refractivity contribution is 7.96. The molecule has 0 heterocycles. The Morgan fingerprint density at radius 3 is 1.47 bits per heavy atom. The van der Waals surface area contributed by atoms with Crippen molar-refractivity contribution in [1.82, 2.24) is 5.32 Å². The first-order valence-electron chi connectivity index (χ1n) is 6.93. The lowest BCUT2D eigenvalue weighted by atomic mass is 9.91. The average molecular weight is 258 g/mol. The smallest absolute Gasteiger partial charge is 0.273 e. The molecule has 0 bridgehead atoms. The molecule has 2 aliphatic rings. The summed E-state index contributed by atoms with van der Waals surface area (Å²) in [5.74, 6) is 0. The van der Waals surface area contributed by atoms with Gasteiger partial charge in [-0.3, -0.25) is 4.79 Å². The predicted octanol–water partition coefficient (Wildman–Crippen LogP) is 3.24. The van der Waals surface area contributed by atoms with E-state index in [1.54, 1.807) is 0 Å². The molecule has 3 N–H and O–H groups in total. The van der Waals surface area contributed by atoms with Crippen LogP contribution in [0.2, 0.25) is 0 Å². The van der Waals surface area contributed by atoms with Gasteiger partial charge in [0.2, 0.25) is 0 Å². The molecule has 17 heavy (non-hydrogen) atoms. The van der Waals surface area contributed by atoms with Gasteiger partial charge in [0.15, 0.2) is 0 Å². The third-order valence-electron chi connectivity index (χ3n) is 3.68. The maximum absolute atomic E-state index is 9.09. The van der Waals surface area contributed by atoms with Crippen molar-refractivity contribution in [3.63, 3.8) is 0 Å². The zero-order chi connectivity index (χ0) is 12.5. The van der Waals surface area contributed by atoms with Crippen LogP contribution in [0.5, 0.6) is 0 Å². The summed E-state index contributed by atoms with van der Waals surface area (Å²) in [4.78, 5) is 9.09. The summed E-state index contributed by atoms with van der Waals surface area (Å²) >= 11 is 3.10. The van der Waals surface area contributed by atoms with Crippen molar-refractivity contribution in [1.29, 1.82) is 0 Å². The zero-order valence-corrected chi connectivity index (χ0v) is 11.6. The highest BCUT2D eigenvalue weighted by Gasteiger charge is 2.19. The fourth-order valence-corrected chi connectivity index (χ4v) is 2.87. The molecular weight excluding hydrogens is 232 g/mol. The van der Waals surface area contributed by atoms with Crippen LogP contribution in [0.1, 0.15) is 64.2 Å². The van der Waals surface area contributed by atoms with Crippen LogP contribution in [-0.4, -0.2) is 17.3 Å². The van der Waals surface area contributed by atoms with Gasteiger partial charge in [-0.1, -0.05) is 51.2 Å². The Morgan fingerprint density at radius 1 is 0.882 bits per heavy atom. The van der Waals surface area contributed by atoms with E-state index in [0.717, 1.165) is 12.1 Å². The largest absolute Gasteiger partial charge is 0.361 e. The van der Waals surface area contributed by atoms with Crippen molar-refractivity contribution in [3.05, 3.63) is 0 Å². The number of hydrogen-bond donors (Lipinski definition) is 3.